The van der Waals surface area contributed by atoms with Gasteiger partial charge in [0.15, 0.2) is 0 Å². The van der Waals surface area contributed by atoms with E-state index in [1.54, 1.807) is 0 Å². The smallest absolute Gasteiger partial charge is 0.124 e. The molecule has 2 nitrogen and oxygen atoms in total. The SMILES string of the molecule is CCCC1CCN(Cc2ccc(F)cc2C#CCO)CC1. The Bertz CT molecular complexity index is 510. The van der Waals surface area contributed by atoms with Gasteiger partial charge in [0.25, 0.3) is 0 Å². The molecule has 1 heterocycles. The van der Waals surface area contributed by atoms with E-state index in [4.69, 9.17) is 5.11 Å². The minimum Gasteiger partial charge on any atom is -0.384 e. The molecule has 0 unspecified atom stereocenters. The Morgan fingerprint density at radius 1 is 1.33 bits per heavy atom. The first-order valence-corrected chi connectivity index (χ1v) is 7.83. The lowest BCUT2D eigenvalue weighted by Crippen LogP contribution is -2.33. The first-order valence-electron chi connectivity index (χ1n) is 7.83. The van der Waals surface area contributed by atoms with Crippen molar-refractivity contribution in [2.45, 2.75) is 39.2 Å². The molecule has 3 heteroatoms. The molecular weight excluding hydrogens is 265 g/mol. The Balaban J connectivity index is 2.00. The van der Waals surface area contributed by atoms with E-state index in [1.165, 1.54) is 37.8 Å². The average molecular weight is 289 g/mol. The topological polar surface area (TPSA) is 23.5 Å². The monoisotopic (exact) mass is 289 g/mol. The van der Waals surface area contributed by atoms with Gasteiger partial charge in [-0.15, -0.1) is 0 Å². The average Bonchev–Trinajstić information content (AvgIpc) is 2.49. The van der Waals surface area contributed by atoms with Crippen molar-refractivity contribution in [3.63, 3.8) is 0 Å². The zero-order chi connectivity index (χ0) is 15.1. The van der Waals surface area contributed by atoms with Crippen LogP contribution in [0.2, 0.25) is 0 Å². The van der Waals surface area contributed by atoms with E-state index in [0.717, 1.165) is 31.1 Å². The molecule has 0 bridgehead atoms. The maximum Gasteiger partial charge on any atom is 0.124 e. The first-order chi connectivity index (χ1) is 10.2. The Labute approximate surface area is 127 Å². The van der Waals surface area contributed by atoms with Gasteiger partial charge in [-0.2, -0.15) is 0 Å². The molecule has 0 saturated carbocycles. The molecule has 114 valence electrons. The third kappa shape index (κ3) is 4.84. The van der Waals surface area contributed by atoms with Gasteiger partial charge in [0.1, 0.15) is 12.4 Å². The van der Waals surface area contributed by atoms with E-state index in [0.29, 0.717) is 5.56 Å². The van der Waals surface area contributed by atoms with Gasteiger partial charge in [-0.3, -0.25) is 4.90 Å². The van der Waals surface area contributed by atoms with Crippen molar-refractivity contribution in [2.75, 3.05) is 19.7 Å². The maximum absolute atomic E-state index is 13.3. The zero-order valence-electron chi connectivity index (χ0n) is 12.7. The second-order valence-corrected chi connectivity index (χ2v) is 5.77. The lowest BCUT2D eigenvalue weighted by Gasteiger charge is -2.32. The number of nitrogens with zero attached hydrogens (tertiary/aromatic N) is 1. The number of likely N-dealkylation sites (tertiary alicyclic amines) is 1. The van der Waals surface area contributed by atoms with Crippen LogP contribution in [0.1, 0.15) is 43.7 Å². The molecule has 1 aliphatic heterocycles. The number of hydrogen-bond donors (Lipinski definition) is 1. The molecular formula is C18H24FNO. The standard InChI is InChI=1S/C18H24FNO/c1-2-4-15-8-10-20(11-9-15)14-17-6-7-18(19)13-16(17)5-3-12-21/h6-7,13,15,21H,2,4,8-12,14H2,1H3. The molecule has 1 aromatic carbocycles. The van der Waals surface area contributed by atoms with Gasteiger partial charge in [-0.05, 0) is 49.5 Å². The molecule has 0 spiro atoms. The molecule has 0 amide bonds. The number of aliphatic hydroxyl groups is 1. The highest BCUT2D eigenvalue weighted by Gasteiger charge is 2.19. The van der Waals surface area contributed by atoms with Crippen LogP contribution in [-0.2, 0) is 6.54 Å². The van der Waals surface area contributed by atoms with Crippen LogP contribution in [0.15, 0.2) is 18.2 Å². The second-order valence-electron chi connectivity index (χ2n) is 5.77. The summed E-state index contributed by atoms with van der Waals surface area (Å²) in [4.78, 5) is 2.42. The van der Waals surface area contributed by atoms with E-state index in [-0.39, 0.29) is 12.4 Å². The second kappa shape index (κ2) is 8.17. The van der Waals surface area contributed by atoms with Crippen molar-refractivity contribution in [1.29, 1.82) is 0 Å². The third-order valence-electron chi connectivity index (χ3n) is 4.17. The van der Waals surface area contributed by atoms with E-state index in [2.05, 4.69) is 23.7 Å². The Morgan fingerprint density at radius 2 is 2.10 bits per heavy atom. The summed E-state index contributed by atoms with van der Waals surface area (Å²) >= 11 is 0. The fourth-order valence-corrected chi connectivity index (χ4v) is 3.02. The molecule has 1 N–H and O–H groups in total. The summed E-state index contributed by atoms with van der Waals surface area (Å²) in [6.45, 7) is 5.08. The van der Waals surface area contributed by atoms with Crippen LogP contribution in [0, 0.1) is 23.6 Å². The number of hydrogen-bond acceptors (Lipinski definition) is 2. The quantitative estimate of drug-likeness (QED) is 0.861. The van der Waals surface area contributed by atoms with Crippen LogP contribution < -0.4 is 0 Å². The number of piperidine rings is 1. The first kappa shape index (κ1) is 16.0. The summed E-state index contributed by atoms with van der Waals surface area (Å²) < 4.78 is 13.3. The van der Waals surface area contributed by atoms with Crippen LogP contribution >= 0.6 is 0 Å². The van der Waals surface area contributed by atoms with Crippen LogP contribution in [0.3, 0.4) is 0 Å². The Hall–Kier alpha value is -1.37. The molecule has 2 rings (SSSR count). The molecule has 0 atom stereocenters. The molecule has 1 aromatic rings. The molecule has 1 fully saturated rings. The van der Waals surface area contributed by atoms with Gasteiger partial charge >= 0.3 is 0 Å². The highest BCUT2D eigenvalue weighted by atomic mass is 19.1. The lowest BCUT2D eigenvalue weighted by atomic mass is 9.92. The van der Waals surface area contributed by atoms with Crippen LogP contribution in [0.4, 0.5) is 4.39 Å². The van der Waals surface area contributed by atoms with Crippen LogP contribution in [-0.4, -0.2) is 29.7 Å². The molecule has 0 radical (unpaired) electrons. The lowest BCUT2D eigenvalue weighted by molar-refractivity contribution is 0.171. The van der Waals surface area contributed by atoms with Crippen molar-refractivity contribution in [2.24, 2.45) is 5.92 Å². The minimum absolute atomic E-state index is 0.196. The van der Waals surface area contributed by atoms with E-state index >= 15 is 0 Å². The third-order valence-corrected chi connectivity index (χ3v) is 4.17. The molecule has 21 heavy (non-hydrogen) atoms. The van der Waals surface area contributed by atoms with Crippen LogP contribution in [0.5, 0.6) is 0 Å². The number of rotatable bonds is 4. The predicted octanol–water partition coefficient (Wildman–Crippen LogP) is 3.18. The Morgan fingerprint density at radius 3 is 2.76 bits per heavy atom. The number of halogens is 1. The number of benzene rings is 1. The summed E-state index contributed by atoms with van der Waals surface area (Å²) in [6.07, 6.45) is 5.11. The highest BCUT2D eigenvalue weighted by Crippen LogP contribution is 2.23. The van der Waals surface area contributed by atoms with Gasteiger partial charge in [0.2, 0.25) is 0 Å². The predicted molar refractivity (Wildman–Crippen MR) is 83.3 cm³/mol. The fraction of sp³-hybridized carbons (Fsp3) is 0.556. The number of aliphatic hydroxyl groups excluding tert-OH is 1. The van der Waals surface area contributed by atoms with Crippen molar-refractivity contribution in [1.82, 2.24) is 4.90 Å². The van der Waals surface area contributed by atoms with Gasteiger partial charge in [0, 0.05) is 12.1 Å². The van der Waals surface area contributed by atoms with Gasteiger partial charge in [-0.1, -0.05) is 37.7 Å². The molecule has 1 aliphatic rings. The molecule has 0 aliphatic carbocycles. The van der Waals surface area contributed by atoms with Crippen molar-refractivity contribution >= 4 is 0 Å². The zero-order valence-corrected chi connectivity index (χ0v) is 12.7. The molecule has 0 aromatic heterocycles. The highest BCUT2D eigenvalue weighted by molar-refractivity contribution is 5.41. The summed E-state index contributed by atoms with van der Waals surface area (Å²) in [5.41, 5.74) is 1.74. The van der Waals surface area contributed by atoms with Crippen LogP contribution in [0.25, 0.3) is 0 Å². The van der Waals surface area contributed by atoms with E-state index in [1.807, 2.05) is 6.07 Å². The van der Waals surface area contributed by atoms with Crippen molar-refractivity contribution in [3.8, 4) is 11.8 Å². The van der Waals surface area contributed by atoms with E-state index in [9.17, 15) is 4.39 Å². The van der Waals surface area contributed by atoms with Crippen molar-refractivity contribution in [3.05, 3.63) is 35.1 Å². The molecule has 1 saturated heterocycles. The summed E-state index contributed by atoms with van der Waals surface area (Å²) in [7, 11) is 0. The summed E-state index contributed by atoms with van der Waals surface area (Å²) in [5, 5.41) is 8.81. The summed E-state index contributed by atoms with van der Waals surface area (Å²) in [6, 6.07) is 4.76. The van der Waals surface area contributed by atoms with E-state index < -0.39 is 0 Å². The van der Waals surface area contributed by atoms with Crippen molar-refractivity contribution < 1.29 is 9.50 Å². The van der Waals surface area contributed by atoms with Gasteiger partial charge in [-0.25, -0.2) is 4.39 Å². The largest absolute Gasteiger partial charge is 0.384 e. The van der Waals surface area contributed by atoms with Gasteiger partial charge in [0.05, 0.1) is 0 Å². The fourth-order valence-electron chi connectivity index (χ4n) is 3.02. The minimum atomic E-state index is -0.275. The maximum atomic E-state index is 13.3. The van der Waals surface area contributed by atoms with Gasteiger partial charge < -0.3 is 5.11 Å². The Kier molecular flexibility index (Phi) is 6.22. The normalized spacial score (nSPS) is 16.5. The summed E-state index contributed by atoms with van der Waals surface area (Å²) in [5.74, 6) is 6.06.